The van der Waals surface area contributed by atoms with Crippen molar-refractivity contribution in [1.29, 1.82) is 0 Å². The van der Waals surface area contributed by atoms with Crippen LogP contribution in [0.2, 0.25) is 0 Å². The topological polar surface area (TPSA) is 62.8 Å². The van der Waals surface area contributed by atoms with Gasteiger partial charge in [-0.3, -0.25) is 0 Å². The molecule has 1 unspecified atom stereocenters. The predicted molar refractivity (Wildman–Crippen MR) is 66.4 cm³/mol. The van der Waals surface area contributed by atoms with Gasteiger partial charge in [-0.25, -0.2) is 0 Å². The third-order valence-corrected chi connectivity index (χ3v) is 4.48. The second kappa shape index (κ2) is 5.27. The predicted octanol–water partition coefficient (Wildman–Crippen LogP) is 0.438. The molecule has 0 fully saturated rings. The van der Waals surface area contributed by atoms with Gasteiger partial charge in [-0.1, -0.05) is 0 Å². The van der Waals surface area contributed by atoms with E-state index in [1.165, 1.54) is 12.3 Å². The second-order valence-electron chi connectivity index (χ2n) is 4.50. The summed E-state index contributed by atoms with van der Waals surface area (Å²) in [7, 11) is -1.51. The van der Waals surface area contributed by atoms with Crippen molar-refractivity contribution in [2.45, 2.75) is 32.1 Å². The van der Waals surface area contributed by atoms with E-state index in [0.717, 1.165) is 0 Å². The summed E-state index contributed by atoms with van der Waals surface area (Å²) in [4.78, 5) is 0. The molecule has 1 aromatic heterocycles. The van der Waals surface area contributed by atoms with E-state index in [1.807, 2.05) is 6.26 Å². The van der Waals surface area contributed by atoms with Crippen LogP contribution in [0.3, 0.4) is 0 Å². The lowest BCUT2D eigenvalue weighted by Gasteiger charge is -2.15. The van der Waals surface area contributed by atoms with Crippen molar-refractivity contribution in [3.05, 3.63) is 18.1 Å². The van der Waals surface area contributed by atoms with Gasteiger partial charge < -0.3 is 14.5 Å². The van der Waals surface area contributed by atoms with Gasteiger partial charge in [-0.2, -0.15) is 4.18 Å². The first-order chi connectivity index (χ1) is 7.32. The first kappa shape index (κ1) is 13.6. The smallest absolute Gasteiger partial charge is 0.467 e. The van der Waals surface area contributed by atoms with Crippen molar-refractivity contribution in [2.24, 2.45) is 0 Å². The number of rotatable bonds is 4. The summed E-state index contributed by atoms with van der Waals surface area (Å²) in [6.07, 6.45) is 3.44. The zero-order valence-corrected chi connectivity index (χ0v) is 10.9. The molecule has 1 heterocycles. The summed E-state index contributed by atoms with van der Waals surface area (Å²) in [5, 5.41) is 18.1. The lowest BCUT2D eigenvalue weighted by atomic mass is 9.80. The maximum absolute atomic E-state index is 9.06. The third-order valence-electron chi connectivity index (χ3n) is 2.29. The molecular weight excluding hydrogens is 227 g/mol. The molecule has 16 heavy (non-hydrogen) atoms. The van der Waals surface area contributed by atoms with E-state index < -0.39 is 7.12 Å². The quantitative estimate of drug-likeness (QED) is 0.596. The fourth-order valence-electron chi connectivity index (χ4n) is 1.02. The Morgan fingerprint density at radius 2 is 2.06 bits per heavy atom. The molecular formula is C10H18BO4S+. The van der Waals surface area contributed by atoms with Crippen LogP contribution in [0.25, 0.3) is 0 Å². The van der Waals surface area contributed by atoms with Gasteiger partial charge in [0.15, 0.2) is 11.4 Å². The number of hydrogen-bond acceptors (Lipinski definition) is 4. The largest absolute Gasteiger partial charge is 0.492 e. The Morgan fingerprint density at radius 3 is 2.56 bits per heavy atom. The van der Waals surface area contributed by atoms with Crippen molar-refractivity contribution in [3.63, 3.8) is 0 Å². The molecule has 6 heteroatoms. The molecule has 0 radical (unpaired) electrons. The van der Waals surface area contributed by atoms with Gasteiger partial charge in [0.25, 0.3) is 0 Å². The van der Waals surface area contributed by atoms with Gasteiger partial charge >= 0.3 is 7.12 Å². The van der Waals surface area contributed by atoms with Crippen LogP contribution in [0.1, 0.15) is 26.5 Å². The summed E-state index contributed by atoms with van der Waals surface area (Å²) >= 11 is -0.217. The Balaban J connectivity index is 2.58. The first-order valence-electron chi connectivity index (χ1n) is 5.04. The lowest BCUT2D eigenvalue weighted by molar-refractivity contribution is 0.299. The summed E-state index contributed by atoms with van der Waals surface area (Å²) < 4.78 is 10.9. The van der Waals surface area contributed by atoms with Crippen molar-refractivity contribution < 1.29 is 18.6 Å². The normalized spacial score (nSPS) is 13.9. The monoisotopic (exact) mass is 245 g/mol. The van der Waals surface area contributed by atoms with Crippen LogP contribution in [0.4, 0.5) is 0 Å². The first-order valence-corrected chi connectivity index (χ1v) is 6.60. The highest BCUT2D eigenvalue weighted by molar-refractivity contribution is 7.92. The number of hydrogen-bond donors (Lipinski definition) is 2. The Labute approximate surface area is 99.3 Å². The van der Waals surface area contributed by atoms with Crippen LogP contribution in [-0.4, -0.2) is 28.2 Å². The van der Waals surface area contributed by atoms with Crippen molar-refractivity contribution in [3.8, 4) is 0 Å². The average Bonchev–Trinajstić information content (AvgIpc) is 2.60. The summed E-state index contributed by atoms with van der Waals surface area (Å²) in [5.41, 5.74) is 0.367. The molecule has 0 saturated carbocycles. The van der Waals surface area contributed by atoms with Crippen molar-refractivity contribution in [1.82, 2.24) is 0 Å². The fourth-order valence-corrected chi connectivity index (χ4v) is 1.65. The van der Waals surface area contributed by atoms with E-state index in [2.05, 4.69) is 20.8 Å². The molecule has 1 atom stereocenters. The molecule has 90 valence electrons. The minimum absolute atomic E-state index is 0.0740. The molecule has 0 aliphatic heterocycles. The van der Waals surface area contributed by atoms with Crippen molar-refractivity contribution in [2.75, 3.05) is 6.26 Å². The summed E-state index contributed by atoms with van der Waals surface area (Å²) in [6.45, 7) is 6.55. The van der Waals surface area contributed by atoms with Crippen LogP contribution >= 0.6 is 0 Å². The van der Waals surface area contributed by atoms with E-state index in [9.17, 15) is 0 Å². The van der Waals surface area contributed by atoms with Gasteiger partial charge in [0.1, 0.15) is 23.2 Å². The minimum Gasteiger partial charge on any atom is -0.467 e. The molecule has 0 aliphatic carbocycles. The van der Waals surface area contributed by atoms with Crippen LogP contribution in [0.15, 0.2) is 16.7 Å². The maximum atomic E-state index is 9.06. The van der Waals surface area contributed by atoms with E-state index in [4.69, 9.17) is 18.6 Å². The van der Waals surface area contributed by atoms with Crippen LogP contribution in [-0.2, 0) is 22.0 Å². The van der Waals surface area contributed by atoms with Gasteiger partial charge in [-0.05, 0) is 26.8 Å². The van der Waals surface area contributed by atoms with Crippen LogP contribution in [0.5, 0.6) is 0 Å². The lowest BCUT2D eigenvalue weighted by Crippen LogP contribution is -2.33. The molecule has 0 bridgehead atoms. The summed E-state index contributed by atoms with van der Waals surface area (Å²) in [5.74, 6) is 0.471. The third kappa shape index (κ3) is 3.55. The fraction of sp³-hybridized carbons (Fsp3) is 0.600. The molecule has 4 nitrogen and oxygen atoms in total. The highest BCUT2D eigenvalue weighted by Gasteiger charge is 2.33. The molecule has 0 aromatic carbocycles. The van der Waals surface area contributed by atoms with Gasteiger partial charge in [0.05, 0.1) is 6.26 Å². The minimum atomic E-state index is -1.51. The highest BCUT2D eigenvalue weighted by atomic mass is 32.2. The van der Waals surface area contributed by atoms with Gasteiger partial charge in [0, 0.05) is 5.46 Å². The van der Waals surface area contributed by atoms with Crippen LogP contribution < -0.4 is 5.46 Å². The van der Waals surface area contributed by atoms with Crippen molar-refractivity contribution >= 4 is 23.8 Å². The summed E-state index contributed by atoms with van der Waals surface area (Å²) in [6, 6.07) is 1.54. The Hall–Kier alpha value is -0.425. The molecule has 0 spiro atoms. The molecule has 0 aliphatic rings. The zero-order valence-electron chi connectivity index (χ0n) is 10.1. The van der Waals surface area contributed by atoms with E-state index >= 15 is 0 Å². The SMILES string of the molecule is C[S+](OCc1occc1B(O)O)C(C)(C)C. The van der Waals surface area contributed by atoms with E-state index in [1.54, 1.807) is 0 Å². The Morgan fingerprint density at radius 1 is 1.44 bits per heavy atom. The molecule has 2 N–H and O–H groups in total. The second-order valence-corrected chi connectivity index (χ2v) is 6.87. The molecule has 0 saturated heterocycles. The number of furan rings is 1. The van der Waals surface area contributed by atoms with Crippen LogP contribution in [0, 0.1) is 0 Å². The van der Waals surface area contributed by atoms with E-state index in [-0.39, 0.29) is 22.5 Å². The average molecular weight is 245 g/mol. The van der Waals surface area contributed by atoms with E-state index in [0.29, 0.717) is 11.2 Å². The zero-order chi connectivity index (χ0) is 12.3. The van der Waals surface area contributed by atoms with Gasteiger partial charge in [-0.15, -0.1) is 0 Å². The molecule has 1 aromatic rings. The molecule has 1 rings (SSSR count). The highest BCUT2D eigenvalue weighted by Crippen LogP contribution is 2.19. The standard InChI is InChI=1S/C10H18BO4S/c1-10(2,3)16(4)15-7-9-8(11(12)13)5-6-14-9/h5-6,12-13H,7H2,1-4H3/q+1. The van der Waals surface area contributed by atoms with Gasteiger partial charge in [0.2, 0.25) is 0 Å². The molecule has 0 amide bonds. The Kier molecular flexibility index (Phi) is 4.49. The Bertz CT molecular complexity index is 332. The maximum Gasteiger partial charge on any atom is 0.492 e.